The van der Waals surface area contributed by atoms with Crippen molar-refractivity contribution >= 4 is 22.7 Å². The van der Waals surface area contributed by atoms with Crippen molar-refractivity contribution in [3.8, 4) is 0 Å². The Balaban J connectivity index is 1.53. The molecule has 1 heterocycles. The van der Waals surface area contributed by atoms with Gasteiger partial charge in [0.1, 0.15) is 6.54 Å². The fraction of sp³-hybridized carbons (Fsp3) is 0.312. The Morgan fingerprint density at radius 2 is 1.54 bits per heavy atom. The second kappa shape index (κ2) is 12.4. The summed E-state index contributed by atoms with van der Waals surface area (Å²) in [6.45, 7) is 7.92. The number of amides is 2. The number of fused-ring (bicyclic) bond motifs is 1. The number of aromatic nitrogens is 1. The first-order chi connectivity index (χ1) is 17.9. The Hall–Kier alpha value is -3.86. The predicted molar refractivity (Wildman–Crippen MR) is 150 cm³/mol. The van der Waals surface area contributed by atoms with E-state index in [1.807, 2.05) is 77.8 Å². The summed E-state index contributed by atoms with van der Waals surface area (Å²) in [7, 11) is 0. The van der Waals surface area contributed by atoms with Crippen LogP contribution in [0.5, 0.6) is 0 Å². The van der Waals surface area contributed by atoms with Gasteiger partial charge < -0.3 is 14.8 Å². The van der Waals surface area contributed by atoms with Crippen LogP contribution in [0.15, 0.2) is 85.1 Å². The molecule has 0 saturated heterocycles. The van der Waals surface area contributed by atoms with Crippen molar-refractivity contribution in [3.63, 3.8) is 0 Å². The van der Waals surface area contributed by atoms with Crippen LogP contribution in [-0.4, -0.2) is 46.2 Å². The normalized spacial score (nSPS) is 11.1. The standard InChI is InChI=1S/C32H37N3O2/c1-4-25-14-16-27(17-15-25)32(37)35(21-24(2)3)23-31(36)34(22-26-10-6-5-7-11-26)19-18-28-20-33-30-13-9-8-12-29(28)30/h5-17,20,24,33H,4,18-19,21-23H2,1-3H3. The number of hydrogen-bond acceptors (Lipinski definition) is 2. The lowest BCUT2D eigenvalue weighted by Gasteiger charge is -2.29. The van der Waals surface area contributed by atoms with E-state index in [1.165, 1.54) is 16.5 Å². The number of carbonyl (C=O) groups excluding carboxylic acids is 2. The van der Waals surface area contributed by atoms with E-state index in [1.54, 1.807) is 4.90 Å². The first-order valence-corrected chi connectivity index (χ1v) is 13.2. The molecule has 0 atom stereocenters. The average Bonchev–Trinajstić information content (AvgIpc) is 3.33. The number of hydrogen-bond donors (Lipinski definition) is 1. The van der Waals surface area contributed by atoms with E-state index in [2.05, 4.69) is 37.9 Å². The monoisotopic (exact) mass is 495 g/mol. The minimum Gasteiger partial charge on any atom is -0.361 e. The molecular formula is C32H37N3O2. The van der Waals surface area contributed by atoms with Crippen molar-refractivity contribution in [2.45, 2.75) is 40.2 Å². The lowest BCUT2D eigenvalue weighted by Crippen LogP contribution is -2.44. The van der Waals surface area contributed by atoms with Gasteiger partial charge in [-0.3, -0.25) is 9.59 Å². The minimum atomic E-state index is -0.0963. The van der Waals surface area contributed by atoms with E-state index in [0.29, 0.717) is 25.2 Å². The molecule has 4 rings (SSSR count). The van der Waals surface area contributed by atoms with E-state index in [9.17, 15) is 9.59 Å². The smallest absolute Gasteiger partial charge is 0.254 e. The molecule has 1 N–H and O–H groups in total. The maximum absolute atomic E-state index is 13.7. The summed E-state index contributed by atoms with van der Waals surface area (Å²) >= 11 is 0. The van der Waals surface area contributed by atoms with Gasteiger partial charge in [-0.1, -0.05) is 81.4 Å². The van der Waals surface area contributed by atoms with E-state index < -0.39 is 0 Å². The van der Waals surface area contributed by atoms with Crippen molar-refractivity contribution in [1.82, 2.24) is 14.8 Å². The second-order valence-electron chi connectivity index (χ2n) is 10.0. The highest BCUT2D eigenvalue weighted by molar-refractivity contribution is 5.96. The lowest BCUT2D eigenvalue weighted by atomic mass is 10.1. The van der Waals surface area contributed by atoms with Crippen molar-refractivity contribution < 1.29 is 9.59 Å². The van der Waals surface area contributed by atoms with Gasteiger partial charge in [0.25, 0.3) is 5.91 Å². The Morgan fingerprint density at radius 3 is 2.24 bits per heavy atom. The maximum Gasteiger partial charge on any atom is 0.254 e. The number of carbonyl (C=O) groups is 2. The second-order valence-corrected chi connectivity index (χ2v) is 10.0. The number of rotatable bonds is 11. The molecule has 192 valence electrons. The highest BCUT2D eigenvalue weighted by Gasteiger charge is 2.23. The summed E-state index contributed by atoms with van der Waals surface area (Å²) in [5.74, 6) is 0.115. The van der Waals surface area contributed by atoms with Crippen LogP contribution in [0.2, 0.25) is 0 Å². The van der Waals surface area contributed by atoms with Crippen LogP contribution in [0.1, 0.15) is 47.8 Å². The number of nitrogens with one attached hydrogen (secondary N) is 1. The average molecular weight is 496 g/mol. The fourth-order valence-electron chi connectivity index (χ4n) is 4.68. The lowest BCUT2D eigenvalue weighted by molar-refractivity contribution is -0.132. The summed E-state index contributed by atoms with van der Waals surface area (Å²) in [6.07, 6.45) is 3.69. The van der Waals surface area contributed by atoms with Gasteiger partial charge in [0.2, 0.25) is 5.91 Å². The Kier molecular flexibility index (Phi) is 8.78. The Morgan fingerprint density at radius 1 is 0.838 bits per heavy atom. The third-order valence-electron chi connectivity index (χ3n) is 6.70. The summed E-state index contributed by atoms with van der Waals surface area (Å²) in [4.78, 5) is 34.1. The Labute approximate surface area is 220 Å². The molecule has 5 heteroatoms. The van der Waals surface area contributed by atoms with Crippen LogP contribution < -0.4 is 0 Å². The molecular weight excluding hydrogens is 458 g/mol. The maximum atomic E-state index is 13.7. The molecule has 5 nitrogen and oxygen atoms in total. The fourth-order valence-corrected chi connectivity index (χ4v) is 4.68. The molecule has 0 aliphatic carbocycles. The summed E-state index contributed by atoms with van der Waals surface area (Å²) in [6, 6.07) is 26.0. The largest absolute Gasteiger partial charge is 0.361 e. The Bertz CT molecular complexity index is 1310. The van der Waals surface area contributed by atoms with Gasteiger partial charge in [-0.2, -0.15) is 0 Å². The molecule has 0 bridgehead atoms. The topological polar surface area (TPSA) is 56.4 Å². The van der Waals surface area contributed by atoms with Gasteiger partial charge in [-0.15, -0.1) is 0 Å². The summed E-state index contributed by atoms with van der Waals surface area (Å²) < 4.78 is 0. The number of nitrogens with zero attached hydrogens (tertiary/aromatic N) is 2. The quantitative estimate of drug-likeness (QED) is 0.273. The van der Waals surface area contributed by atoms with Crippen molar-refractivity contribution in [1.29, 1.82) is 0 Å². The van der Waals surface area contributed by atoms with Crippen molar-refractivity contribution in [2.24, 2.45) is 5.92 Å². The van der Waals surface area contributed by atoms with Crippen LogP contribution in [0, 0.1) is 5.92 Å². The molecule has 3 aromatic carbocycles. The first kappa shape index (κ1) is 26.2. The van der Waals surface area contributed by atoms with Crippen molar-refractivity contribution in [3.05, 3.63) is 107 Å². The van der Waals surface area contributed by atoms with Gasteiger partial charge in [0.15, 0.2) is 0 Å². The van der Waals surface area contributed by atoms with E-state index in [-0.39, 0.29) is 24.3 Å². The summed E-state index contributed by atoms with van der Waals surface area (Å²) in [5.41, 5.74) is 5.17. The first-order valence-electron chi connectivity index (χ1n) is 13.2. The van der Waals surface area contributed by atoms with Crippen molar-refractivity contribution in [2.75, 3.05) is 19.6 Å². The van der Waals surface area contributed by atoms with Crippen LogP contribution in [-0.2, 0) is 24.2 Å². The number of H-pyrrole nitrogens is 1. The zero-order chi connectivity index (χ0) is 26.2. The zero-order valence-corrected chi connectivity index (χ0v) is 22.1. The molecule has 0 radical (unpaired) electrons. The number of benzene rings is 3. The third kappa shape index (κ3) is 6.88. The molecule has 0 fully saturated rings. The highest BCUT2D eigenvalue weighted by atomic mass is 16.2. The molecule has 1 aromatic heterocycles. The predicted octanol–water partition coefficient (Wildman–Crippen LogP) is 6.10. The molecule has 37 heavy (non-hydrogen) atoms. The molecule has 0 aliphatic rings. The number of para-hydroxylation sites is 1. The highest BCUT2D eigenvalue weighted by Crippen LogP contribution is 2.19. The molecule has 0 spiro atoms. The van der Waals surface area contributed by atoms with E-state index >= 15 is 0 Å². The van der Waals surface area contributed by atoms with Gasteiger partial charge in [0, 0.05) is 42.3 Å². The van der Waals surface area contributed by atoms with Crippen LogP contribution in [0.4, 0.5) is 0 Å². The third-order valence-corrected chi connectivity index (χ3v) is 6.70. The van der Waals surface area contributed by atoms with Gasteiger partial charge in [-0.05, 0) is 53.6 Å². The van der Waals surface area contributed by atoms with Crippen LogP contribution in [0.3, 0.4) is 0 Å². The minimum absolute atomic E-state index is 0.0390. The zero-order valence-electron chi connectivity index (χ0n) is 22.1. The summed E-state index contributed by atoms with van der Waals surface area (Å²) in [5, 5.41) is 1.18. The molecule has 0 unspecified atom stereocenters. The molecule has 0 saturated carbocycles. The van der Waals surface area contributed by atoms with E-state index in [4.69, 9.17) is 0 Å². The van der Waals surface area contributed by atoms with Crippen LogP contribution >= 0.6 is 0 Å². The van der Waals surface area contributed by atoms with Crippen LogP contribution in [0.25, 0.3) is 10.9 Å². The van der Waals surface area contributed by atoms with Gasteiger partial charge in [0.05, 0.1) is 0 Å². The molecule has 4 aromatic rings. The number of aryl methyl sites for hydroxylation is 1. The van der Waals surface area contributed by atoms with Gasteiger partial charge in [-0.25, -0.2) is 0 Å². The van der Waals surface area contributed by atoms with Gasteiger partial charge >= 0.3 is 0 Å². The van der Waals surface area contributed by atoms with E-state index in [0.717, 1.165) is 23.9 Å². The SMILES string of the molecule is CCc1ccc(C(=O)N(CC(=O)N(CCc2c[nH]c3ccccc23)Cc2ccccc2)CC(C)C)cc1. The molecule has 0 aliphatic heterocycles. The molecule has 2 amide bonds. The number of aromatic amines is 1.